The van der Waals surface area contributed by atoms with E-state index in [-0.39, 0.29) is 23.9 Å². The van der Waals surface area contributed by atoms with Crippen molar-refractivity contribution in [3.8, 4) is 0 Å². The highest BCUT2D eigenvalue weighted by atomic mass is 16.2. The monoisotopic (exact) mass is 268 g/mol. The minimum atomic E-state index is -0.311. The third-order valence-electron chi connectivity index (χ3n) is 3.83. The Kier molecular flexibility index (Phi) is 6.89. The fraction of sp³-hybridized carbons (Fsp3) is 0.867. The van der Waals surface area contributed by atoms with Crippen LogP contribution in [0.5, 0.6) is 0 Å². The third kappa shape index (κ3) is 4.84. The maximum Gasteiger partial charge on any atom is 0.245 e. The van der Waals surface area contributed by atoms with E-state index >= 15 is 0 Å². The van der Waals surface area contributed by atoms with E-state index < -0.39 is 0 Å². The third-order valence-corrected chi connectivity index (χ3v) is 3.83. The van der Waals surface area contributed by atoms with Gasteiger partial charge in [-0.25, -0.2) is 0 Å². The van der Waals surface area contributed by atoms with E-state index in [9.17, 15) is 9.59 Å². The second-order valence-corrected chi connectivity index (χ2v) is 5.54. The smallest absolute Gasteiger partial charge is 0.245 e. The van der Waals surface area contributed by atoms with Gasteiger partial charge < -0.3 is 10.2 Å². The molecule has 0 aromatic rings. The molecule has 0 bridgehead atoms. The number of nitrogens with zero attached hydrogens (tertiary/aromatic N) is 1. The van der Waals surface area contributed by atoms with Crippen LogP contribution in [-0.4, -0.2) is 35.3 Å². The van der Waals surface area contributed by atoms with E-state index in [0.717, 1.165) is 25.7 Å². The highest BCUT2D eigenvalue weighted by molar-refractivity contribution is 5.90. The quantitative estimate of drug-likeness (QED) is 0.721. The highest BCUT2D eigenvalue weighted by Crippen LogP contribution is 2.15. The lowest BCUT2D eigenvalue weighted by Crippen LogP contribution is -2.47. The number of hydrogen-bond donors (Lipinski definition) is 1. The summed E-state index contributed by atoms with van der Waals surface area (Å²) in [6.07, 6.45) is 6.68. The van der Waals surface area contributed by atoms with Crippen LogP contribution in [0.3, 0.4) is 0 Å². The van der Waals surface area contributed by atoms with Crippen molar-refractivity contribution in [1.82, 2.24) is 10.2 Å². The maximum absolute atomic E-state index is 12.5. The van der Waals surface area contributed by atoms with Gasteiger partial charge >= 0.3 is 0 Å². The molecule has 2 unspecified atom stereocenters. The van der Waals surface area contributed by atoms with Crippen LogP contribution in [0, 0.1) is 0 Å². The number of amides is 2. The summed E-state index contributed by atoms with van der Waals surface area (Å²) in [5, 5.41) is 2.85. The predicted octanol–water partition coefficient (Wildman–Crippen LogP) is 2.47. The molecular weight excluding hydrogens is 240 g/mol. The zero-order valence-electron chi connectivity index (χ0n) is 12.6. The number of carbonyl (C=O) groups is 2. The Balaban J connectivity index is 2.63. The van der Waals surface area contributed by atoms with E-state index in [1.54, 1.807) is 0 Å². The normalized spacial score (nSPS) is 22.1. The van der Waals surface area contributed by atoms with Crippen molar-refractivity contribution in [2.24, 2.45) is 0 Å². The number of nitrogens with one attached hydrogen (secondary N) is 1. The minimum absolute atomic E-state index is 0.00931. The van der Waals surface area contributed by atoms with Crippen molar-refractivity contribution in [2.45, 2.75) is 77.8 Å². The lowest BCUT2D eigenvalue weighted by molar-refractivity contribution is -0.135. The van der Waals surface area contributed by atoms with Gasteiger partial charge in [0.25, 0.3) is 0 Å². The Bertz CT molecular complexity index is 305. The molecule has 0 radical (unpaired) electrons. The van der Waals surface area contributed by atoms with E-state index in [2.05, 4.69) is 19.2 Å². The van der Waals surface area contributed by atoms with E-state index in [0.29, 0.717) is 13.0 Å². The molecule has 1 aliphatic heterocycles. The van der Waals surface area contributed by atoms with E-state index in [1.165, 1.54) is 12.8 Å². The van der Waals surface area contributed by atoms with Gasteiger partial charge in [0.2, 0.25) is 11.8 Å². The van der Waals surface area contributed by atoms with Gasteiger partial charge in [0.1, 0.15) is 6.04 Å². The summed E-state index contributed by atoms with van der Waals surface area (Å²) in [7, 11) is 0. The first-order valence-corrected chi connectivity index (χ1v) is 7.70. The minimum Gasteiger partial charge on any atom is -0.344 e. The molecule has 1 heterocycles. The standard InChI is InChI=1S/C15H28N2O2/c1-4-6-7-9-12(3)17-11-10-14(18)16-13(8-5-2)15(17)19/h12-13H,4-11H2,1-3H3,(H,16,18). The van der Waals surface area contributed by atoms with Crippen LogP contribution in [0.15, 0.2) is 0 Å². The summed E-state index contributed by atoms with van der Waals surface area (Å²) in [5.74, 6) is 0.117. The van der Waals surface area contributed by atoms with Gasteiger partial charge in [-0.1, -0.05) is 39.5 Å². The number of unbranched alkanes of at least 4 members (excludes halogenated alkanes) is 2. The Morgan fingerprint density at radius 2 is 2.00 bits per heavy atom. The van der Waals surface area contributed by atoms with Gasteiger partial charge in [-0.3, -0.25) is 9.59 Å². The Hall–Kier alpha value is -1.06. The molecular formula is C15H28N2O2. The Morgan fingerprint density at radius 3 is 2.63 bits per heavy atom. The van der Waals surface area contributed by atoms with Gasteiger partial charge in [-0.15, -0.1) is 0 Å². The summed E-state index contributed by atoms with van der Waals surface area (Å²) in [4.78, 5) is 26.0. The van der Waals surface area contributed by atoms with Crippen molar-refractivity contribution in [3.63, 3.8) is 0 Å². The first-order valence-electron chi connectivity index (χ1n) is 7.70. The average molecular weight is 268 g/mol. The molecule has 0 aromatic carbocycles. The lowest BCUT2D eigenvalue weighted by atomic mass is 10.1. The first-order chi connectivity index (χ1) is 9.10. The molecule has 1 rings (SSSR count). The lowest BCUT2D eigenvalue weighted by Gasteiger charge is -2.30. The molecule has 1 aliphatic rings. The SMILES string of the molecule is CCCCCC(C)N1CCC(=O)NC(CCC)C1=O. The molecule has 4 heteroatoms. The average Bonchev–Trinajstić information content (AvgIpc) is 2.51. The number of rotatable bonds is 7. The molecule has 1 fully saturated rings. The zero-order chi connectivity index (χ0) is 14.3. The van der Waals surface area contributed by atoms with Gasteiger partial charge in [0.05, 0.1) is 0 Å². The van der Waals surface area contributed by atoms with Crippen LogP contribution < -0.4 is 5.32 Å². The first kappa shape index (κ1) is 16.0. The molecule has 4 nitrogen and oxygen atoms in total. The maximum atomic E-state index is 12.5. The van der Waals surface area contributed by atoms with Gasteiger partial charge in [-0.05, 0) is 19.8 Å². The van der Waals surface area contributed by atoms with E-state index in [1.807, 2.05) is 11.8 Å². The molecule has 1 N–H and O–H groups in total. The summed E-state index contributed by atoms with van der Waals surface area (Å²) < 4.78 is 0. The Morgan fingerprint density at radius 1 is 1.26 bits per heavy atom. The van der Waals surface area contributed by atoms with Crippen molar-refractivity contribution < 1.29 is 9.59 Å². The molecule has 2 atom stereocenters. The largest absolute Gasteiger partial charge is 0.344 e. The molecule has 1 saturated heterocycles. The van der Waals surface area contributed by atoms with Gasteiger partial charge in [0, 0.05) is 19.0 Å². The summed E-state index contributed by atoms with van der Waals surface area (Å²) >= 11 is 0. The second-order valence-electron chi connectivity index (χ2n) is 5.54. The van der Waals surface area contributed by atoms with Crippen LogP contribution in [0.25, 0.3) is 0 Å². The molecule has 0 aliphatic carbocycles. The van der Waals surface area contributed by atoms with Crippen molar-refractivity contribution in [1.29, 1.82) is 0 Å². The second kappa shape index (κ2) is 8.18. The summed E-state index contributed by atoms with van der Waals surface area (Å²) in [5.41, 5.74) is 0. The van der Waals surface area contributed by atoms with Crippen LogP contribution in [0.2, 0.25) is 0 Å². The van der Waals surface area contributed by atoms with Crippen LogP contribution in [-0.2, 0) is 9.59 Å². The molecule has 110 valence electrons. The fourth-order valence-corrected chi connectivity index (χ4v) is 2.63. The predicted molar refractivity (Wildman–Crippen MR) is 76.8 cm³/mol. The number of hydrogen-bond acceptors (Lipinski definition) is 2. The van der Waals surface area contributed by atoms with Crippen LogP contribution in [0.1, 0.15) is 65.7 Å². The van der Waals surface area contributed by atoms with Crippen molar-refractivity contribution in [3.05, 3.63) is 0 Å². The molecule has 0 spiro atoms. The van der Waals surface area contributed by atoms with Crippen LogP contribution in [0.4, 0.5) is 0 Å². The van der Waals surface area contributed by atoms with Gasteiger partial charge in [-0.2, -0.15) is 0 Å². The van der Waals surface area contributed by atoms with E-state index in [4.69, 9.17) is 0 Å². The molecule has 2 amide bonds. The highest BCUT2D eigenvalue weighted by Gasteiger charge is 2.31. The summed E-state index contributed by atoms with van der Waals surface area (Å²) in [6.45, 7) is 6.89. The molecule has 0 saturated carbocycles. The topological polar surface area (TPSA) is 49.4 Å². The zero-order valence-corrected chi connectivity index (χ0v) is 12.6. The van der Waals surface area contributed by atoms with Crippen LogP contribution >= 0.6 is 0 Å². The fourth-order valence-electron chi connectivity index (χ4n) is 2.63. The molecule has 19 heavy (non-hydrogen) atoms. The Labute approximate surface area is 116 Å². The summed E-state index contributed by atoms with van der Waals surface area (Å²) in [6, 6.07) is -0.0697. The van der Waals surface area contributed by atoms with Crippen molar-refractivity contribution in [2.75, 3.05) is 6.54 Å². The number of carbonyl (C=O) groups excluding carboxylic acids is 2. The van der Waals surface area contributed by atoms with Gasteiger partial charge in [0.15, 0.2) is 0 Å². The van der Waals surface area contributed by atoms with Crippen molar-refractivity contribution >= 4 is 11.8 Å². The molecule has 0 aromatic heterocycles.